The highest BCUT2D eigenvalue weighted by atomic mass is 16.5. The zero-order chi connectivity index (χ0) is 14.8. The normalized spacial score (nSPS) is 22.2. The molecule has 0 N–H and O–H groups in total. The van der Waals surface area contributed by atoms with E-state index < -0.39 is 0 Å². The van der Waals surface area contributed by atoms with Crippen molar-refractivity contribution in [3.8, 4) is 5.75 Å². The van der Waals surface area contributed by atoms with Crippen LogP contribution in [0.4, 0.5) is 5.69 Å². The predicted molar refractivity (Wildman–Crippen MR) is 85.4 cm³/mol. The van der Waals surface area contributed by atoms with Crippen molar-refractivity contribution in [3.05, 3.63) is 23.3 Å². The number of rotatable bonds is 3. The van der Waals surface area contributed by atoms with Crippen molar-refractivity contribution in [2.45, 2.75) is 25.8 Å². The molecule has 0 unspecified atom stereocenters. The van der Waals surface area contributed by atoms with E-state index in [2.05, 4.69) is 24.0 Å². The summed E-state index contributed by atoms with van der Waals surface area (Å²) in [6.45, 7) is 6.40. The average Bonchev–Trinajstić information content (AvgIpc) is 2.67. The van der Waals surface area contributed by atoms with Gasteiger partial charge < -0.3 is 19.2 Å². The molecule has 2 heterocycles. The Labute approximate surface area is 128 Å². The molecule has 2 aliphatic rings. The number of benzene rings is 1. The standard InChI is InChI=1S/C16H23BN2O2/c1-12-11-21-16-10-14-4-6-18(17)5-3-13(14)9-15(16)19(12)7-8-20-2/h9-10,12H,3-8,11H2,1-2H3/t12-/m1/s1. The quantitative estimate of drug-likeness (QED) is 0.784. The lowest BCUT2D eigenvalue weighted by atomic mass is 9.99. The lowest BCUT2D eigenvalue weighted by Crippen LogP contribution is -2.43. The lowest BCUT2D eigenvalue weighted by molar-refractivity contribution is 0.195. The molecule has 0 aliphatic carbocycles. The number of anilines is 1. The number of hydrogen-bond donors (Lipinski definition) is 0. The number of methoxy groups -OCH3 is 1. The minimum absolute atomic E-state index is 0.377. The molecule has 0 saturated heterocycles. The van der Waals surface area contributed by atoms with Crippen LogP contribution in [0.25, 0.3) is 0 Å². The second kappa shape index (κ2) is 6.28. The average molecular weight is 286 g/mol. The summed E-state index contributed by atoms with van der Waals surface area (Å²) in [5.74, 6) is 1.01. The van der Waals surface area contributed by atoms with Gasteiger partial charge in [0.05, 0.1) is 18.3 Å². The summed E-state index contributed by atoms with van der Waals surface area (Å²) in [6, 6.07) is 4.90. The first-order chi connectivity index (χ1) is 10.2. The molecule has 112 valence electrons. The Balaban J connectivity index is 1.92. The van der Waals surface area contributed by atoms with Crippen molar-refractivity contribution in [2.75, 3.05) is 44.9 Å². The Bertz CT molecular complexity index is 509. The molecule has 2 aliphatic heterocycles. The molecule has 0 saturated carbocycles. The second-order valence-electron chi connectivity index (χ2n) is 5.97. The van der Waals surface area contributed by atoms with Gasteiger partial charge in [-0.3, -0.25) is 0 Å². The largest absolute Gasteiger partial charge is 0.489 e. The van der Waals surface area contributed by atoms with Crippen LogP contribution < -0.4 is 9.64 Å². The monoisotopic (exact) mass is 286 g/mol. The van der Waals surface area contributed by atoms with Gasteiger partial charge in [0.1, 0.15) is 12.4 Å². The lowest BCUT2D eigenvalue weighted by Gasteiger charge is -2.37. The highest BCUT2D eigenvalue weighted by molar-refractivity contribution is 6.04. The van der Waals surface area contributed by atoms with Crippen LogP contribution in [0, 0.1) is 0 Å². The van der Waals surface area contributed by atoms with Gasteiger partial charge in [-0.05, 0) is 56.1 Å². The van der Waals surface area contributed by atoms with Crippen LogP contribution in [0.3, 0.4) is 0 Å². The van der Waals surface area contributed by atoms with Crippen molar-refractivity contribution in [2.24, 2.45) is 0 Å². The van der Waals surface area contributed by atoms with Crippen LogP contribution in [0.1, 0.15) is 18.1 Å². The third-order valence-corrected chi connectivity index (χ3v) is 4.48. The Morgan fingerprint density at radius 2 is 2.00 bits per heavy atom. The van der Waals surface area contributed by atoms with Crippen LogP contribution in [-0.2, 0) is 17.6 Å². The van der Waals surface area contributed by atoms with Crippen LogP contribution >= 0.6 is 0 Å². The summed E-state index contributed by atoms with van der Waals surface area (Å²) in [7, 11) is 7.71. The van der Waals surface area contributed by atoms with Crippen molar-refractivity contribution < 1.29 is 9.47 Å². The maximum Gasteiger partial charge on any atom is 0.182 e. The third kappa shape index (κ3) is 3.04. The molecule has 0 aromatic heterocycles. The molecule has 1 aromatic carbocycles. The van der Waals surface area contributed by atoms with Gasteiger partial charge in [0.15, 0.2) is 7.98 Å². The summed E-state index contributed by atoms with van der Waals surface area (Å²) in [4.78, 5) is 4.30. The smallest absolute Gasteiger partial charge is 0.182 e. The van der Waals surface area contributed by atoms with Gasteiger partial charge in [0.25, 0.3) is 0 Å². The zero-order valence-electron chi connectivity index (χ0n) is 13.0. The maximum atomic E-state index is 5.96. The predicted octanol–water partition coefficient (Wildman–Crippen LogP) is 1.40. The molecular weight excluding hydrogens is 263 g/mol. The minimum Gasteiger partial charge on any atom is -0.489 e. The fourth-order valence-corrected chi connectivity index (χ4v) is 3.17. The topological polar surface area (TPSA) is 24.9 Å². The number of hydrogen-bond acceptors (Lipinski definition) is 4. The molecule has 1 atom stereocenters. The van der Waals surface area contributed by atoms with E-state index in [9.17, 15) is 0 Å². The first-order valence-corrected chi connectivity index (χ1v) is 7.73. The van der Waals surface area contributed by atoms with Crippen molar-refractivity contribution in [3.63, 3.8) is 0 Å². The summed E-state index contributed by atoms with van der Waals surface area (Å²) in [6.07, 6.45) is 2.00. The van der Waals surface area contributed by atoms with Gasteiger partial charge in [0.2, 0.25) is 0 Å². The third-order valence-electron chi connectivity index (χ3n) is 4.48. The summed E-state index contributed by atoms with van der Waals surface area (Å²) >= 11 is 0. The van der Waals surface area contributed by atoms with Gasteiger partial charge in [-0.1, -0.05) is 0 Å². The fourth-order valence-electron chi connectivity index (χ4n) is 3.17. The Kier molecular flexibility index (Phi) is 4.41. The molecule has 5 heteroatoms. The Morgan fingerprint density at radius 3 is 2.71 bits per heavy atom. The molecule has 0 amide bonds. The van der Waals surface area contributed by atoms with Gasteiger partial charge >= 0.3 is 0 Å². The van der Waals surface area contributed by atoms with Crippen LogP contribution in [-0.4, -0.2) is 58.8 Å². The maximum absolute atomic E-state index is 5.96. The molecule has 4 nitrogen and oxygen atoms in total. The SMILES string of the molecule is [B]N1CCc2cc3c(cc2CC1)N(CCOC)[C@H](C)CO3. The molecule has 0 fully saturated rings. The molecule has 0 bridgehead atoms. The van der Waals surface area contributed by atoms with Crippen molar-refractivity contribution in [1.29, 1.82) is 0 Å². The molecular formula is C16H23BN2O2. The Morgan fingerprint density at radius 1 is 1.29 bits per heavy atom. The highest BCUT2D eigenvalue weighted by Crippen LogP contribution is 2.37. The van der Waals surface area contributed by atoms with Gasteiger partial charge in [-0.25, -0.2) is 0 Å². The van der Waals surface area contributed by atoms with E-state index in [4.69, 9.17) is 17.5 Å². The van der Waals surface area contributed by atoms with E-state index in [1.165, 1.54) is 16.8 Å². The van der Waals surface area contributed by atoms with Crippen LogP contribution in [0.15, 0.2) is 12.1 Å². The molecule has 1 aromatic rings. The first-order valence-electron chi connectivity index (χ1n) is 7.73. The Hall–Kier alpha value is -1.20. The van der Waals surface area contributed by atoms with Gasteiger partial charge in [-0.2, -0.15) is 0 Å². The summed E-state index contributed by atoms with van der Waals surface area (Å²) in [5, 5.41) is 0. The zero-order valence-corrected chi connectivity index (χ0v) is 13.0. The highest BCUT2D eigenvalue weighted by Gasteiger charge is 2.26. The molecule has 2 radical (unpaired) electrons. The van der Waals surface area contributed by atoms with Crippen LogP contribution in [0.2, 0.25) is 0 Å². The first kappa shape index (κ1) is 14.7. The van der Waals surface area contributed by atoms with E-state index in [0.29, 0.717) is 6.04 Å². The van der Waals surface area contributed by atoms with Crippen LogP contribution in [0.5, 0.6) is 5.75 Å². The molecule has 21 heavy (non-hydrogen) atoms. The van der Waals surface area contributed by atoms with E-state index >= 15 is 0 Å². The minimum atomic E-state index is 0.377. The van der Waals surface area contributed by atoms with E-state index in [1.54, 1.807) is 7.11 Å². The van der Waals surface area contributed by atoms with Gasteiger partial charge in [0, 0.05) is 13.7 Å². The summed E-state index contributed by atoms with van der Waals surface area (Å²) < 4.78 is 11.2. The van der Waals surface area contributed by atoms with E-state index in [1.807, 2.05) is 4.81 Å². The number of fused-ring (bicyclic) bond motifs is 2. The second-order valence-corrected chi connectivity index (χ2v) is 5.97. The number of nitrogens with zero attached hydrogens (tertiary/aromatic N) is 2. The molecule has 3 rings (SSSR count). The van der Waals surface area contributed by atoms with Crippen molar-refractivity contribution >= 4 is 13.7 Å². The van der Waals surface area contributed by atoms with E-state index in [-0.39, 0.29) is 0 Å². The fraction of sp³-hybridized carbons (Fsp3) is 0.625. The van der Waals surface area contributed by atoms with E-state index in [0.717, 1.165) is 51.4 Å². The van der Waals surface area contributed by atoms with Crippen molar-refractivity contribution in [1.82, 2.24) is 4.81 Å². The summed E-state index contributed by atoms with van der Waals surface area (Å²) in [5.41, 5.74) is 3.99. The van der Waals surface area contributed by atoms with Gasteiger partial charge in [-0.15, -0.1) is 0 Å². The molecule has 0 spiro atoms. The number of ether oxygens (including phenoxy) is 2.